The van der Waals surface area contributed by atoms with Crippen LogP contribution in [-0.4, -0.2) is 50.1 Å². The van der Waals surface area contributed by atoms with Crippen molar-refractivity contribution in [2.75, 3.05) is 11.1 Å². The number of rotatable bonds is 8. The lowest BCUT2D eigenvalue weighted by atomic mass is 10.0. The van der Waals surface area contributed by atoms with Crippen LogP contribution in [0.15, 0.2) is 83.0 Å². The summed E-state index contributed by atoms with van der Waals surface area (Å²) in [6.45, 7) is 5.73. The van der Waals surface area contributed by atoms with Crippen molar-refractivity contribution in [3.63, 3.8) is 0 Å². The SMILES string of the molecule is Cc1nn(-c2ccc(/C=N/N3C(=O)CSC3=Nc3ccccc3C(C)C)cc2F)cc1NC(=O)c1ccc(OC(F)(F)F)cc1. The molecule has 0 aliphatic carbocycles. The maximum Gasteiger partial charge on any atom is 0.573 e. The number of nitrogens with one attached hydrogen (secondary N) is 1. The number of amides is 2. The van der Waals surface area contributed by atoms with E-state index in [4.69, 9.17) is 0 Å². The molecule has 0 spiro atoms. The fraction of sp³-hybridized carbons (Fsp3) is 0.194. The van der Waals surface area contributed by atoms with Crippen LogP contribution in [0.5, 0.6) is 5.75 Å². The molecule has 1 fully saturated rings. The van der Waals surface area contributed by atoms with E-state index in [0.717, 1.165) is 23.4 Å². The number of anilines is 1. The number of hydrogen-bond acceptors (Lipinski definition) is 7. The molecule has 0 atom stereocenters. The van der Waals surface area contributed by atoms with Crippen LogP contribution in [0, 0.1) is 12.7 Å². The number of hydrogen-bond donors (Lipinski definition) is 1. The first-order valence-corrected chi connectivity index (χ1v) is 14.6. The molecule has 2 heterocycles. The van der Waals surface area contributed by atoms with Gasteiger partial charge < -0.3 is 10.1 Å². The number of aromatic nitrogens is 2. The molecule has 0 unspecified atom stereocenters. The number of alkyl halides is 3. The summed E-state index contributed by atoms with van der Waals surface area (Å²) in [6.07, 6.45) is -2.06. The number of nitrogens with zero attached hydrogens (tertiary/aromatic N) is 5. The van der Waals surface area contributed by atoms with E-state index in [2.05, 4.69) is 39.1 Å². The minimum absolute atomic E-state index is 0.0821. The standard InChI is InChI=1S/C31H26F4N6O3S/c1-18(2)23-6-4-5-7-25(23)38-30-41(28(42)17-45-30)36-15-20-8-13-27(24(32)14-20)40-16-26(19(3)39-40)37-29(43)21-9-11-22(12-10-21)44-31(33,34)35/h4-16,18H,17H2,1-3H3,(H,37,43)/b36-15+,38-30?. The van der Waals surface area contributed by atoms with Crippen LogP contribution in [0.4, 0.5) is 28.9 Å². The molecule has 1 aliphatic rings. The zero-order valence-electron chi connectivity index (χ0n) is 24.2. The average Bonchev–Trinajstić information content (AvgIpc) is 3.52. The molecule has 2 amide bonds. The van der Waals surface area contributed by atoms with Gasteiger partial charge in [-0.2, -0.15) is 15.2 Å². The summed E-state index contributed by atoms with van der Waals surface area (Å²) in [7, 11) is 0. The van der Waals surface area contributed by atoms with Gasteiger partial charge in [-0.3, -0.25) is 9.59 Å². The normalized spacial score (nSPS) is 14.6. The van der Waals surface area contributed by atoms with Crippen molar-refractivity contribution in [3.8, 4) is 11.4 Å². The number of aryl methyl sites for hydroxylation is 1. The van der Waals surface area contributed by atoms with Gasteiger partial charge in [0, 0.05) is 5.56 Å². The fourth-order valence-corrected chi connectivity index (χ4v) is 5.16. The molecule has 9 nitrogen and oxygen atoms in total. The minimum atomic E-state index is -4.85. The zero-order valence-corrected chi connectivity index (χ0v) is 25.0. The van der Waals surface area contributed by atoms with Gasteiger partial charge in [0.25, 0.3) is 11.8 Å². The van der Waals surface area contributed by atoms with Crippen LogP contribution < -0.4 is 10.1 Å². The molecule has 0 radical (unpaired) electrons. The Hall–Kier alpha value is -4.98. The minimum Gasteiger partial charge on any atom is -0.406 e. The first kappa shape index (κ1) is 31.4. The summed E-state index contributed by atoms with van der Waals surface area (Å²) in [5.41, 5.74) is 3.00. The van der Waals surface area contributed by atoms with Crippen molar-refractivity contribution in [2.45, 2.75) is 33.1 Å². The van der Waals surface area contributed by atoms with Crippen LogP contribution in [0.25, 0.3) is 5.69 Å². The van der Waals surface area contributed by atoms with Crippen molar-refractivity contribution in [2.24, 2.45) is 10.1 Å². The van der Waals surface area contributed by atoms with Crippen LogP contribution in [0.3, 0.4) is 0 Å². The molecular weight excluding hydrogens is 612 g/mol. The number of halogens is 4. The number of thioether (sulfide) groups is 1. The van der Waals surface area contributed by atoms with Crippen LogP contribution >= 0.6 is 11.8 Å². The monoisotopic (exact) mass is 638 g/mol. The highest BCUT2D eigenvalue weighted by Gasteiger charge is 2.31. The molecule has 232 valence electrons. The Balaban J connectivity index is 1.29. The summed E-state index contributed by atoms with van der Waals surface area (Å²) < 4.78 is 57.5. The van der Waals surface area contributed by atoms with Gasteiger partial charge in [0.1, 0.15) is 17.3 Å². The summed E-state index contributed by atoms with van der Waals surface area (Å²) in [4.78, 5) is 29.9. The van der Waals surface area contributed by atoms with Gasteiger partial charge in [-0.15, -0.1) is 13.2 Å². The summed E-state index contributed by atoms with van der Waals surface area (Å²) in [6, 6.07) is 16.4. The third-order valence-electron chi connectivity index (χ3n) is 6.56. The highest BCUT2D eigenvalue weighted by molar-refractivity contribution is 8.15. The third-order valence-corrected chi connectivity index (χ3v) is 7.47. The largest absolute Gasteiger partial charge is 0.573 e. The van der Waals surface area contributed by atoms with E-state index < -0.39 is 23.8 Å². The van der Waals surface area contributed by atoms with Gasteiger partial charge in [0.2, 0.25) is 0 Å². The van der Waals surface area contributed by atoms with E-state index in [0.29, 0.717) is 16.4 Å². The Morgan fingerprint density at radius 3 is 2.53 bits per heavy atom. The van der Waals surface area contributed by atoms with Crippen molar-refractivity contribution < 1.29 is 31.9 Å². The number of amidine groups is 1. The second kappa shape index (κ2) is 12.9. The second-order valence-corrected chi connectivity index (χ2v) is 11.1. The number of ether oxygens (including phenoxy) is 1. The molecule has 1 N–H and O–H groups in total. The number of carbonyl (C=O) groups excluding carboxylic acids is 2. The molecule has 0 saturated carbocycles. The molecular formula is C31H26F4N6O3S. The maximum atomic E-state index is 15.2. The number of hydrazone groups is 1. The molecule has 1 saturated heterocycles. The zero-order chi connectivity index (χ0) is 32.3. The number of aliphatic imine (C=N–C) groups is 1. The summed E-state index contributed by atoms with van der Waals surface area (Å²) in [5.74, 6) is -1.53. The number of carbonyl (C=O) groups is 2. The molecule has 1 aromatic heterocycles. The molecule has 3 aromatic carbocycles. The molecule has 45 heavy (non-hydrogen) atoms. The van der Waals surface area contributed by atoms with E-state index in [1.165, 1.54) is 58.1 Å². The first-order valence-electron chi connectivity index (χ1n) is 13.6. The summed E-state index contributed by atoms with van der Waals surface area (Å²) in [5, 5.41) is 12.8. The molecule has 5 rings (SSSR count). The van der Waals surface area contributed by atoms with Gasteiger partial charge >= 0.3 is 6.36 Å². The molecule has 1 aliphatic heterocycles. The van der Waals surface area contributed by atoms with Gasteiger partial charge in [-0.05, 0) is 66.4 Å². The van der Waals surface area contributed by atoms with Crippen molar-refractivity contribution in [1.29, 1.82) is 0 Å². The van der Waals surface area contributed by atoms with Crippen molar-refractivity contribution in [1.82, 2.24) is 14.8 Å². The first-order chi connectivity index (χ1) is 21.4. The van der Waals surface area contributed by atoms with Gasteiger partial charge in [0.15, 0.2) is 5.17 Å². The van der Waals surface area contributed by atoms with Crippen LogP contribution in [-0.2, 0) is 4.79 Å². The topological polar surface area (TPSA) is 101 Å². The average molecular weight is 639 g/mol. The van der Waals surface area contributed by atoms with Gasteiger partial charge in [-0.25, -0.2) is 14.1 Å². The van der Waals surface area contributed by atoms with Crippen molar-refractivity contribution in [3.05, 3.63) is 101 Å². The lowest BCUT2D eigenvalue weighted by molar-refractivity contribution is -0.274. The van der Waals surface area contributed by atoms with Crippen molar-refractivity contribution >= 4 is 46.3 Å². The quantitative estimate of drug-likeness (QED) is 0.163. The Morgan fingerprint density at radius 1 is 1.11 bits per heavy atom. The molecule has 0 bridgehead atoms. The van der Waals surface area contributed by atoms with E-state index >= 15 is 4.39 Å². The van der Waals surface area contributed by atoms with E-state index in [-0.39, 0.29) is 34.5 Å². The van der Waals surface area contributed by atoms with Crippen LogP contribution in [0.2, 0.25) is 0 Å². The summed E-state index contributed by atoms with van der Waals surface area (Å²) >= 11 is 1.27. The van der Waals surface area contributed by atoms with E-state index in [9.17, 15) is 22.8 Å². The maximum absolute atomic E-state index is 15.2. The van der Waals surface area contributed by atoms with Gasteiger partial charge in [-0.1, -0.05) is 49.9 Å². The smallest absolute Gasteiger partial charge is 0.406 e. The Labute approximate surface area is 259 Å². The molecule has 14 heteroatoms. The molecule has 4 aromatic rings. The number of benzene rings is 3. The Morgan fingerprint density at radius 2 is 1.84 bits per heavy atom. The predicted octanol–water partition coefficient (Wildman–Crippen LogP) is 7.19. The Bertz CT molecular complexity index is 1800. The number of para-hydroxylation sites is 1. The Kier molecular flexibility index (Phi) is 9.04. The van der Waals surface area contributed by atoms with E-state index in [1.807, 2.05) is 24.3 Å². The highest BCUT2D eigenvalue weighted by Crippen LogP contribution is 2.30. The van der Waals surface area contributed by atoms with Gasteiger partial charge in [0.05, 0.1) is 35.2 Å². The van der Waals surface area contributed by atoms with Crippen LogP contribution in [0.1, 0.15) is 46.9 Å². The fourth-order valence-electron chi connectivity index (χ4n) is 4.35. The third kappa shape index (κ3) is 7.58. The predicted molar refractivity (Wildman–Crippen MR) is 164 cm³/mol. The lowest BCUT2D eigenvalue weighted by Crippen LogP contribution is -2.23. The lowest BCUT2D eigenvalue weighted by Gasteiger charge is -2.12. The van der Waals surface area contributed by atoms with E-state index in [1.54, 1.807) is 13.0 Å². The second-order valence-electron chi connectivity index (χ2n) is 10.2. The highest BCUT2D eigenvalue weighted by atomic mass is 32.2.